The molecule has 38 heavy (non-hydrogen) atoms. The minimum Gasteiger partial charge on any atom is -0.506 e. The zero-order valence-electron chi connectivity index (χ0n) is 20.7. The van der Waals surface area contributed by atoms with Crippen LogP contribution in [0.25, 0.3) is 16.6 Å². The standard InChI is InChI=1S/C28H25N7O3/c1-38-25-5-3-18(13-31-25)27(37)33-28-9-16-6-20(10-28)35(23(28)7-16)24-4-2-17(12-30-24)22-8-21(36)15-34-26(22)19(11-29)14-32-34/h2-5,8,12-16,20,23,36H,6-7,9-10H2,1H3,(H,33,37). The smallest absolute Gasteiger partial charge is 0.253 e. The molecule has 6 heterocycles. The van der Waals surface area contributed by atoms with E-state index < -0.39 is 0 Å². The van der Waals surface area contributed by atoms with Crippen LogP contribution >= 0.6 is 0 Å². The summed E-state index contributed by atoms with van der Waals surface area (Å²) < 4.78 is 6.63. The van der Waals surface area contributed by atoms with E-state index in [0.717, 1.165) is 37.1 Å². The van der Waals surface area contributed by atoms with Crippen LogP contribution in [0.5, 0.6) is 11.6 Å². The lowest BCUT2D eigenvalue weighted by atomic mass is 9.82. The molecule has 2 saturated carbocycles. The average Bonchev–Trinajstić information content (AvgIpc) is 3.52. The van der Waals surface area contributed by atoms with Crippen LogP contribution in [-0.2, 0) is 0 Å². The summed E-state index contributed by atoms with van der Waals surface area (Å²) in [6.45, 7) is 0. The summed E-state index contributed by atoms with van der Waals surface area (Å²) in [4.78, 5) is 24.6. The second-order valence-electron chi connectivity index (χ2n) is 10.5. The summed E-state index contributed by atoms with van der Waals surface area (Å²) in [5, 5.41) is 27.3. The van der Waals surface area contributed by atoms with Gasteiger partial charge in [0.25, 0.3) is 5.91 Å². The highest BCUT2D eigenvalue weighted by atomic mass is 16.5. The van der Waals surface area contributed by atoms with Crippen molar-refractivity contribution < 1.29 is 14.6 Å². The number of carbonyl (C=O) groups is 1. The van der Waals surface area contributed by atoms with E-state index in [-0.39, 0.29) is 23.2 Å². The fourth-order valence-electron chi connectivity index (χ4n) is 6.98. The number of aromatic hydroxyl groups is 1. The van der Waals surface area contributed by atoms with Gasteiger partial charge in [0, 0.05) is 35.6 Å². The number of rotatable bonds is 5. The number of aromatic nitrogens is 4. The van der Waals surface area contributed by atoms with Crippen molar-refractivity contribution in [3.63, 3.8) is 0 Å². The van der Waals surface area contributed by atoms with E-state index in [2.05, 4.69) is 26.4 Å². The van der Waals surface area contributed by atoms with Crippen molar-refractivity contribution >= 4 is 17.2 Å². The number of hydrogen-bond donors (Lipinski definition) is 2. The molecular weight excluding hydrogens is 482 g/mol. The van der Waals surface area contributed by atoms with Gasteiger partial charge in [-0.1, -0.05) is 0 Å². The molecule has 1 amide bonds. The molecule has 2 aliphatic heterocycles. The average molecular weight is 508 g/mol. The first-order chi connectivity index (χ1) is 18.5. The highest BCUT2D eigenvalue weighted by molar-refractivity contribution is 5.94. The Labute approximate surface area is 218 Å². The maximum absolute atomic E-state index is 13.2. The fourth-order valence-corrected chi connectivity index (χ4v) is 6.98. The third-order valence-corrected chi connectivity index (χ3v) is 8.39. The van der Waals surface area contributed by atoms with Gasteiger partial charge in [0.2, 0.25) is 5.88 Å². The van der Waals surface area contributed by atoms with Crippen molar-refractivity contribution in [2.45, 2.75) is 43.3 Å². The van der Waals surface area contributed by atoms with Crippen LogP contribution in [0.15, 0.2) is 55.1 Å². The van der Waals surface area contributed by atoms with Gasteiger partial charge in [-0.15, -0.1) is 0 Å². The normalized spacial score (nSPS) is 25.1. The van der Waals surface area contributed by atoms with Crippen molar-refractivity contribution in [3.05, 3.63) is 66.2 Å². The summed E-state index contributed by atoms with van der Waals surface area (Å²) in [6.07, 6.45) is 10.3. The second kappa shape index (κ2) is 8.18. The third-order valence-electron chi connectivity index (χ3n) is 8.39. The summed E-state index contributed by atoms with van der Waals surface area (Å²) in [7, 11) is 1.55. The first-order valence-electron chi connectivity index (χ1n) is 12.7. The molecule has 0 radical (unpaired) electrons. The van der Waals surface area contributed by atoms with Crippen LogP contribution in [0.4, 0.5) is 5.82 Å². The Morgan fingerprint density at radius 3 is 2.82 bits per heavy atom. The fraction of sp³-hybridized carbons (Fsp3) is 0.321. The van der Waals surface area contributed by atoms with Gasteiger partial charge in [0.05, 0.1) is 47.7 Å². The van der Waals surface area contributed by atoms with Gasteiger partial charge in [0.1, 0.15) is 17.6 Å². The second-order valence-corrected chi connectivity index (χ2v) is 10.5. The van der Waals surface area contributed by atoms with E-state index in [1.165, 1.54) is 16.9 Å². The largest absolute Gasteiger partial charge is 0.506 e. The lowest BCUT2D eigenvalue weighted by molar-refractivity contribution is 0.0890. The number of nitrogens with one attached hydrogen (secondary N) is 1. The van der Waals surface area contributed by atoms with Gasteiger partial charge >= 0.3 is 0 Å². The van der Waals surface area contributed by atoms with E-state index in [4.69, 9.17) is 9.72 Å². The maximum atomic E-state index is 13.2. The van der Waals surface area contributed by atoms with E-state index in [1.54, 1.807) is 37.7 Å². The number of hydrogen-bond acceptors (Lipinski definition) is 8. The molecule has 0 spiro atoms. The topological polar surface area (TPSA) is 129 Å². The zero-order valence-corrected chi connectivity index (χ0v) is 20.7. The Morgan fingerprint density at radius 2 is 2.08 bits per heavy atom. The zero-order chi connectivity index (χ0) is 26.0. The minimum absolute atomic E-state index is 0.0581. The molecule has 4 bridgehead atoms. The molecule has 4 unspecified atom stereocenters. The number of nitriles is 1. The number of carbonyl (C=O) groups excluding carboxylic acids is 1. The first kappa shape index (κ1) is 22.5. The molecule has 4 aromatic rings. The number of methoxy groups -OCH3 is 1. The van der Waals surface area contributed by atoms with Crippen LogP contribution in [-0.4, -0.2) is 55.3 Å². The number of pyridine rings is 3. The van der Waals surface area contributed by atoms with E-state index in [9.17, 15) is 15.2 Å². The number of amides is 1. The van der Waals surface area contributed by atoms with Crippen molar-refractivity contribution in [1.29, 1.82) is 5.26 Å². The van der Waals surface area contributed by atoms with Gasteiger partial charge in [-0.05, 0) is 55.9 Å². The Hall–Kier alpha value is -4.65. The highest BCUT2D eigenvalue weighted by Gasteiger charge is 2.62. The summed E-state index contributed by atoms with van der Waals surface area (Å²) >= 11 is 0. The number of anilines is 1. The Bertz CT molecular complexity index is 1610. The number of fused-ring (bicyclic) bond motifs is 1. The van der Waals surface area contributed by atoms with Gasteiger partial charge < -0.3 is 20.1 Å². The number of nitrogens with zero attached hydrogens (tertiary/aromatic N) is 6. The molecule has 10 heteroatoms. The molecule has 10 nitrogen and oxygen atoms in total. The quantitative estimate of drug-likeness (QED) is 0.421. The monoisotopic (exact) mass is 507 g/mol. The Kier molecular flexibility index (Phi) is 4.85. The van der Waals surface area contributed by atoms with Gasteiger partial charge in [-0.3, -0.25) is 4.79 Å². The van der Waals surface area contributed by atoms with Crippen LogP contribution in [0.2, 0.25) is 0 Å². The predicted molar refractivity (Wildman–Crippen MR) is 138 cm³/mol. The van der Waals surface area contributed by atoms with Crippen LogP contribution in [0, 0.1) is 17.2 Å². The molecule has 4 aromatic heterocycles. The molecule has 4 aliphatic rings. The molecule has 2 saturated heterocycles. The molecule has 190 valence electrons. The maximum Gasteiger partial charge on any atom is 0.253 e. The summed E-state index contributed by atoms with van der Waals surface area (Å²) in [6, 6.07) is 11.7. The van der Waals surface area contributed by atoms with Gasteiger partial charge in [-0.25, -0.2) is 14.5 Å². The molecular formula is C28H25N7O3. The summed E-state index contributed by atoms with van der Waals surface area (Å²) in [5.41, 5.74) is 2.78. The van der Waals surface area contributed by atoms with Crippen molar-refractivity contribution in [1.82, 2.24) is 24.9 Å². The van der Waals surface area contributed by atoms with Crippen LogP contribution in [0.3, 0.4) is 0 Å². The lowest BCUT2D eigenvalue weighted by Gasteiger charge is -2.36. The van der Waals surface area contributed by atoms with E-state index in [0.29, 0.717) is 40.0 Å². The lowest BCUT2D eigenvalue weighted by Crippen LogP contribution is -2.53. The van der Waals surface area contributed by atoms with Gasteiger partial charge in [0.15, 0.2) is 0 Å². The van der Waals surface area contributed by atoms with Crippen LogP contribution < -0.4 is 15.0 Å². The Morgan fingerprint density at radius 1 is 1.18 bits per heavy atom. The molecule has 2 N–H and O–H groups in total. The highest BCUT2D eigenvalue weighted by Crippen LogP contribution is 2.56. The minimum atomic E-state index is -0.290. The summed E-state index contributed by atoms with van der Waals surface area (Å²) in [5.74, 6) is 1.89. The molecule has 4 atom stereocenters. The number of ether oxygens (including phenoxy) is 1. The van der Waals surface area contributed by atoms with Crippen molar-refractivity contribution in [2.24, 2.45) is 5.92 Å². The van der Waals surface area contributed by atoms with E-state index in [1.807, 2.05) is 12.1 Å². The van der Waals surface area contributed by atoms with Crippen molar-refractivity contribution in [3.8, 4) is 28.8 Å². The molecule has 2 aliphatic carbocycles. The number of piperidine rings is 1. The van der Waals surface area contributed by atoms with Crippen LogP contribution in [0.1, 0.15) is 41.6 Å². The Balaban J connectivity index is 1.18. The molecule has 0 aromatic carbocycles. The van der Waals surface area contributed by atoms with Gasteiger partial charge in [-0.2, -0.15) is 10.4 Å². The first-order valence-corrected chi connectivity index (χ1v) is 12.7. The third kappa shape index (κ3) is 3.31. The van der Waals surface area contributed by atoms with Crippen molar-refractivity contribution in [2.75, 3.05) is 12.0 Å². The predicted octanol–water partition coefficient (Wildman–Crippen LogP) is 3.31. The molecule has 8 rings (SSSR count). The SMILES string of the molecule is COc1ccc(C(=O)NC23CC4CC(C2)N(c2ccc(-c5cc(O)cn6ncc(C#N)c56)cn2)C3C4)cn1. The molecule has 4 fully saturated rings. The van der Waals surface area contributed by atoms with E-state index >= 15 is 0 Å².